The molecule has 33 heavy (non-hydrogen) atoms. The molecule has 0 fully saturated rings. The summed E-state index contributed by atoms with van der Waals surface area (Å²) in [5.41, 5.74) is 5.86. The van der Waals surface area contributed by atoms with Crippen LogP contribution in [0.1, 0.15) is 54.4 Å². The van der Waals surface area contributed by atoms with E-state index in [2.05, 4.69) is 16.0 Å². The van der Waals surface area contributed by atoms with Crippen LogP contribution in [0.3, 0.4) is 0 Å². The van der Waals surface area contributed by atoms with Crippen LogP contribution in [-0.2, 0) is 24.0 Å². The third-order valence-corrected chi connectivity index (χ3v) is 4.90. The summed E-state index contributed by atoms with van der Waals surface area (Å²) < 4.78 is 0. The summed E-state index contributed by atoms with van der Waals surface area (Å²) in [6.07, 6.45) is -1.97. The number of aliphatic carboxylic acids is 2. The summed E-state index contributed by atoms with van der Waals surface area (Å²) in [5, 5.41) is 35.2. The number of aliphatic hydroxyl groups is 1. The third kappa shape index (κ3) is 10.6. The van der Waals surface area contributed by atoms with Crippen LogP contribution in [0.5, 0.6) is 0 Å². The van der Waals surface area contributed by atoms with E-state index in [0.29, 0.717) is 6.42 Å². The van der Waals surface area contributed by atoms with Crippen LogP contribution >= 0.6 is 0 Å². The van der Waals surface area contributed by atoms with Gasteiger partial charge in [0.1, 0.15) is 24.2 Å². The normalized spacial score (nSPS) is 16.0. The van der Waals surface area contributed by atoms with Gasteiger partial charge in [-0.25, -0.2) is 4.79 Å². The lowest BCUT2D eigenvalue weighted by Crippen LogP contribution is -2.60. The monoisotopic (exact) mass is 474 g/mol. The Hall–Kier alpha value is -2.73. The smallest absolute Gasteiger partial charge is 0.326 e. The van der Waals surface area contributed by atoms with Crippen LogP contribution in [0, 0.1) is 17.8 Å². The first-order valence-electron chi connectivity index (χ1n) is 10.9. The molecule has 0 radical (unpaired) electrons. The number of rotatable bonds is 14. The van der Waals surface area contributed by atoms with Crippen LogP contribution in [0.2, 0.25) is 0 Å². The molecule has 0 aliphatic carbocycles. The zero-order chi connectivity index (χ0) is 26.0. The molecule has 0 aromatic carbocycles. The van der Waals surface area contributed by atoms with Crippen molar-refractivity contribution < 1.29 is 39.3 Å². The quantitative estimate of drug-likeness (QED) is 0.165. The van der Waals surface area contributed by atoms with E-state index in [0.717, 1.165) is 0 Å². The SMILES string of the molecule is CC(C)C[C@@H](N)[C@@H](O)C(=O)N[C@H](C(=O)N[C@H](C(=O)N[C@@H](CC(=O)O)C(=O)O)C(C)C)C(C)C. The Morgan fingerprint density at radius 3 is 1.55 bits per heavy atom. The highest BCUT2D eigenvalue weighted by molar-refractivity contribution is 5.94. The Morgan fingerprint density at radius 2 is 1.18 bits per heavy atom. The van der Waals surface area contributed by atoms with Gasteiger partial charge in [0, 0.05) is 6.04 Å². The topological polar surface area (TPSA) is 208 Å². The van der Waals surface area contributed by atoms with E-state index in [-0.39, 0.29) is 5.92 Å². The van der Waals surface area contributed by atoms with Gasteiger partial charge in [-0.15, -0.1) is 0 Å². The molecule has 5 atom stereocenters. The molecule has 0 aliphatic rings. The van der Waals surface area contributed by atoms with Gasteiger partial charge in [0.2, 0.25) is 11.8 Å². The fraction of sp³-hybridized carbons (Fsp3) is 0.762. The molecule has 0 rings (SSSR count). The van der Waals surface area contributed by atoms with Crippen LogP contribution in [0.25, 0.3) is 0 Å². The average Bonchev–Trinajstić information content (AvgIpc) is 2.66. The number of carboxylic acids is 2. The zero-order valence-corrected chi connectivity index (χ0v) is 20.0. The molecular weight excluding hydrogens is 436 g/mol. The van der Waals surface area contributed by atoms with Gasteiger partial charge < -0.3 is 37.0 Å². The lowest BCUT2D eigenvalue weighted by atomic mass is 9.97. The summed E-state index contributed by atoms with van der Waals surface area (Å²) in [6, 6.07) is -4.80. The van der Waals surface area contributed by atoms with Gasteiger partial charge in [0.15, 0.2) is 0 Å². The molecule has 190 valence electrons. The standard InChI is InChI=1S/C21H38N4O8/c1-9(2)7-12(22)17(28)20(31)25-16(11(5)6)19(30)24-15(10(3)4)18(29)23-13(21(32)33)8-14(26)27/h9-13,15-17,28H,7-8,22H2,1-6H3,(H,23,29)(H,24,30)(H,25,31)(H,26,27)(H,32,33)/t12-,13+,15+,16+,17-/m1/s1. The highest BCUT2D eigenvalue weighted by Crippen LogP contribution is 2.10. The molecule has 8 N–H and O–H groups in total. The van der Waals surface area contributed by atoms with Gasteiger partial charge in [0.05, 0.1) is 6.42 Å². The first kappa shape index (κ1) is 30.3. The average molecular weight is 475 g/mol. The van der Waals surface area contributed by atoms with Crippen LogP contribution in [0.4, 0.5) is 0 Å². The number of carbonyl (C=O) groups is 5. The molecule has 0 spiro atoms. The van der Waals surface area contributed by atoms with E-state index in [1.807, 2.05) is 13.8 Å². The maximum atomic E-state index is 12.9. The zero-order valence-electron chi connectivity index (χ0n) is 20.0. The molecule has 0 heterocycles. The molecule has 0 saturated carbocycles. The van der Waals surface area contributed by atoms with Crippen molar-refractivity contribution in [2.45, 2.75) is 84.7 Å². The van der Waals surface area contributed by atoms with Crippen molar-refractivity contribution in [1.29, 1.82) is 0 Å². The van der Waals surface area contributed by atoms with Gasteiger partial charge >= 0.3 is 11.9 Å². The Labute approximate surface area is 193 Å². The summed E-state index contributed by atoms with van der Waals surface area (Å²) in [6.45, 7) is 10.3. The second kappa shape index (κ2) is 13.7. The number of nitrogens with two attached hydrogens (primary N) is 1. The Bertz CT molecular complexity index is 710. The van der Waals surface area contributed by atoms with Crippen molar-refractivity contribution in [3.63, 3.8) is 0 Å². The Morgan fingerprint density at radius 1 is 0.758 bits per heavy atom. The summed E-state index contributed by atoms with van der Waals surface area (Å²) in [5.74, 6) is -6.12. The Balaban J connectivity index is 5.41. The van der Waals surface area contributed by atoms with Crippen molar-refractivity contribution in [3.05, 3.63) is 0 Å². The van der Waals surface area contributed by atoms with Crippen molar-refractivity contribution in [1.82, 2.24) is 16.0 Å². The largest absolute Gasteiger partial charge is 0.481 e. The number of aliphatic hydroxyl groups excluding tert-OH is 1. The second-order valence-corrected chi connectivity index (χ2v) is 9.20. The molecule has 0 unspecified atom stereocenters. The number of carbonyl (C=O) groups excluding carboxylic acids is 3. The number of hydrogen-bond acceptors (Lipinski definition) is 7. The summed E-state index contributed by atoms with van der Waals surface area (Å²) in [4.78, 5) is 60.0. The molecular formula is C21H38N4O8. The van der Waals surface area contributed by atoms with Gasteiger partial charge in [-0.1, -0.05) is 41.5 Å². The Kier molecular flexibility index (Phi) is 12.6. The fourth-order valence-electron chi connectivity index (χ4n) is 3.06. The van der Waals surface area contributed by atoms with Gasteiger partial charge in [-0.2, -0.15) is 0 Å². The van der Waals surface area contributed by atoms with E-state index >= 15 is 0 Å². The maximum absolute atomic E-state index is 12.9. The van der Waals surface area contributed by atoms with E-state index < -0.39 is 78.2 Å². The minimum Gasteiger partial charge on any atom is -0.481 e. The van der Waals surface area contributed by atoms with E-state index in [1.54, 1.807) is 27.7 Å². The lowest BCUT2D eigenvalue weighted by molar-refractivity contribution is -0.147. The minimum atomic E-state index is -1.67. The van der Waals surface area contributed by atoms with Gasteiger partial charge in [-0.05, 0) is 24.2 Å². The van der Waals surface area contributed by atoms with Crippen molar-refractivity contribution in [3.8, 4) is 0 Å². The van der Waals surface area contributed by atoms with Gasteiger partial charge in [-0.3, -0.25) is 19.2 Å². The van der Waals surface area contributed by atoms with Crippen LogP contribution < -0.4 is 21.7 Å². The highest BCUT2D eigenvalue weighted by Gasteiger charge is 2.34. The fourth-order valence-corrected chi connectivity index (χ4v) is 3.06. The molecule has 0 bridgehead atoms. The molecule has 0 aromatic heterocycles. The number of amides is 3. The second-order valence-electron chi connectivity index (χ2n) is 9.20. The maximum Gasteiger partial charge on any atom is 0.326 e. The molecule has 12 heteroatoms. The summed E-state index contributed by atoms with van der Waals surface area (Å²) in [7, 11) is 0. The predicted octanol–water partition coefficient (Wildman–Crippen LogP) is -0.954. The van der Waals surface area contributed by atoms with E-state index in [9.17, 15) is 29.1 Å². The highest BCUT2D eigenvalue weighted by atomic mass is 16.4. The molecule has 0 aromatic rings. The lowest BCUT2D eigenvalue weighted by Gasteiger charge is -2.29. The van der Waals surface area contributed by atoms with Crippen LogP contribution in [-0.4, -0.2) is 75.3 Å². The van der Waals surface area contributed by atoms with Gasteiger partial charge in [0.25, 0.3) is 5.91 Å². The molecule has 0 saturated heterocycles. The van der Waals surface area contributed by atoms with Crippen molar-refractivity contribution >= 4 is 29.7 Å². The van der Waals surface area contributed by atoms with Crippen molar-refractivity contribution in [2.24, 2.45) is 23.5 Å². The number of hydrogen-bond donors (Lipinski definition) is 7. The number of carboxylic acid groups (broad SMARTS) is 2. The van der Waals surface area contributed by atoms with Crippen LogP contribution in [0.15, 0.2) is 0 Å². The number of nitrogens with one attached hydrogen (secondary N) is 3. The molecule has 0 aliphatic heterocycles. The summed E-state index contributed by atoms with van der Waals surface area (Å²) >= 11 is 0. The van der Waals surface area contributed by atoms with Crippen molar-refractivity contribution in [2.75, 3.05) is 0 Å². The first-order chi connectivity index (χ1) is 15.1. The first-order valence-corrected chi connectivity index (χ1v) is 10.9. The van der Waals surface area contributed by atoms with E-state index in [4.69, 9.17) is 15.9 Å². The predicted molar refractivity (Wildman–Crippen MR) is 119 cm³/mol. The van der Waals surface area contributed by atoms with E-state index in [1.165, 1.54) is 0 Å². The third-order valence-electron chi connectivity index (χ3n) is 4.90. The molecule has 12 nitrogen and oxygen atoms in total. The molecule has 3 amide bonds. The minimum absolute atomic E-state index is 0.146.